The fourth-order valence-electron chi connectivity index (χ4n) is 1.81. The first-order chi connectivity index (χ1) is 6.33. The van der Waals surface area contributed by atoms with Crippen molar-refractivity contribution in [3.8, 4) is 0 Å². The molecule has 0 unspecified atom stereocenters. The summed E-state index contributed by atoms with van der Waals surface area (Å²) in [6.45, 7) is 1.27. The quantitative estimate of drug-likeness (QED) is 0.487. The number of rotatable bonds is 5. The highest BCUT2D eigenvalue weighted by Crippen LogP contribution is 2.31. The Labute approximate surface area is 80.4 Å². The predicted octanol–water partition coefficient (Wildman–Crippen LogP) is 1.96. The lowest BCUT2D eigenvalue weighted by Crippen LogP contribution is -2.38. The summed E-state index contributed by atoms with van der Waals surface area (Å²) in [4.78, 5) is 0. The molecule has 1 fully saturated rings. The van der Waals surface area contributed by atoms with E-state index in [0.717, 1.165) is 12.8 Å². The first-order valence-electron chi connectivity index (χ1n) is 5.01. The SMILES string of the molecule is COCCOC1(OC)CCCCC1. The van der Waals surface area contributed by atoms with E-state index in [1.165, 1.54) is 19.3 Å². The Morgan fingerprint density at radius 2 is 1.69 bits per heavy atom. The number of methoxy groups -OCH3 is 2. The van der Waals surface area contributed by atoms with Crippen molar-refractivity contribution in [1.29, 1.82) is 0 Å². The molecule has 0 heterocycles. The van der Waals surface area contributed by atoms with Crippen molar-refractivity contribution in [2.75, 3.05) is 27.4 Å². The summed E-state index contributed by atoms with van der Waals surface area (Å²) in [5, 5.41) is 0. The van der Waals surface area contributed by atoms with Crippen LogP contribution in [0, 0.1) is 0 Å². The molecule has 0 aromatic carbocycles. The second-order valence-electron chi connectivity index (χ2n) is 3.52. The van der Waals surface area contributed by atoms with Gasteiger partial charge in [0.1, 0.15) is 0 Å². The van der Waals surface area contributed by atoms with E-state index in [9.17, 15) is 0 Å². The lowest BCUT2D eigenvalue weighted by molar-refractivity contribution is -0.242. The van der Waals surface area contributed by atoms with Crippen LogP contribution >= 0.6 is 0 Å². The van der Waals surface area contributed by atoms with Crippen LogP contribution in [-0.4, -0.2) is 33.2 Å². The summed E-state index contributed by atoms with van der Waals surface area (Å²) in [6, 6.07) is 0. The molecular formula is C10H20O3. The lowest BCUT2D eigenvalue weighted by atomic mass is 9.94. The highest BCUT2D eigenvalue weighted by atomic mass is 16.7. The molecule has 0 aliphatic heterocycles. The van der Waals surface area contributed by atoms with Crippen LogP contribution in [0.5, 0.6) is 0 Å². The Balaban J connectivity index is 2.29. The second kappa shape index (κ2) is 5.58. The molecule has 0 aromatic rings. The van der Waals surface area contributed by atoms with Crippen LogP contribution in [0.3, 0.4) is 0 Å². The Hall–Kier alpha value is -0.120. The van der Waals surface area contributed by atoms with Gasteiger partial charge in [0.2, 0.25) is 0 Å². The molecule has 1 rings (SSSR count). The Kier molecular flexibility index (Phi) is 4.70. The first kappa shape index (κ1) is 11.0. The molecule has 0 N–H and O–H groups in total. The molecule has 0 aromatic heterocycles. The van der Waals surface area contributed by atoms with E-state index in [0.29, 0.717) is 13.2 Å². The predicted molar refractivity (Wildman–Crippen MR) is 50.7 cm³/mol. The molecule has 0 bridgehead atoms. The van der Waals surface area contributed by atoms with Gasteiger partial charge in [-0.15, -0.1) is 0 Å². The van der Waals surface area contributed by atoms with Crippen molar-refractivity contribution in [3.63, 3.8) is 0 Å². The van der Waals surface area contributed by atoms with Crippen LogP contribution in [0.2, 0.25) is 0 Å². The summed E-state index contributed by atoms with van der Waals surface area (Å²) in [5.41, 5.74) is 0. The molecule has 0 radical (unpaired) electrons. The van der Waals surface area contributed by atoms with Crippen LogP contribution in [0.15, 0.2) is 0 Å². The van der Waals surface area contributed by atoms with Crippen molar-refractivity contribution in [1.82, 2.24) is 0 Å². The fourth-order valence-corrected chi connectivity index (χ4v) is 1.81. The van der Waals surface area contributed by atoms with Crippen molar-refractivity contribution in [2.45, 2.75) is 37.9 Å². The van der Waals surface area contributed by atoms with Gasteiger partial charge < -0.3 is 14.2 Å². The zero-order valence-electron chi connectivity index (χ0n) is 8.67. The standard InChI is InChI=1S/C10H20O3/c1-11-8-9-13-10(12-2)6-4-3-5-7-10/h3-9H2,1-2H3. The largest absolute Gasteiger partial charge is 0.382 e. The Morgan fingerprint density at radius 1 is 1.00 bits per heavy atom. The smallest absolute Gasteiger partial charge is 0.168 e. The maximum atomic E-state index is 5.71. The molecule has 78 valence electrons. The van der Waals surface area contributed by atoms with E-state index in [1.54, 1.807) is 14.2 Å². The van der Waals surface area contributed by atoms with Crippen LogP contribution in [0.25, 0.3) is 0 Å². The molecule has 3 nitrogen and oxygen atoms in total. The minimum absolute atomic E-state index is 0.309. The third-order valence-corrected chi connectivity index (χ3v) is 2.64. The van der Waals surface area contributed by atoms with E-state index in [2.05, 4.69) is 0 Å². The summed E-state index contributed by atoms with van der Waals surface area (Å²) in [7, 11) is 3.42. The third kappa shape index (κ3) is 3.25. The van der Waals surface area contributed by atoms with Crippen LogP contribution in [0.4, 0.5) is 0 Å². The second-order valence-corrected chi connectivity index (χ2v) is 3.52. The lowest BCUT2D eigenvalue weighted by Gasteiger charge is -2.35. The molecule has 13 heavy (non-hydrogen) atoms. The third-order valence-electron chi connectivity index (χ3n) is 2.64. The van der Waals surface area contributed by atoms with Crippen molar-refractivity contribution in [2.24, 2.45) is 0 Å². The van der Waals surface area contributed by atoms with Gasteiger partial charge in [0, 0.05) is 27.1 Å². The molecule has 0 atom stereocenters. The molecule has 1 aliphatic carbocycles. The fraction of sp³-hybridized carbons (Fsp3) is 1.00. The average Bonchev–Trinajstić information content (AvgIpc) is 2.20. The van der Waals surface area contributed by atoms with Gasteiger partial charge >= 0.3 is 0 Å². The highest BCUT2D eigenvalue weighted by Gasteiger charge is 2.32. The highest BCUT2D eigenvalue weighted by molar-refractivity contribution is 4.74. The van der Waals surface area contributed by atoms with Crippen LogP contribution in [-0.2, 0) is 14.2 Å². The molecular weight excluding hydrogens is 168 g/mol. The normalized spacial score (nSPS) is 21.7. The maximum Gasteiger partial charge on any atom is 0.168 e. The van der Waals surface area contributed by atoms with Crippen LogP contribution < -0.4 is 0 Å². The minimum Gasteiger partial charge on any atom is -0.382 e. The van der Waals surface area contributed by atoms with Crippen LogP contribution in [0.1, 0.15) is 32.1 Å². The number of hydrogen-bond acceptors (Lipinski definition) is 3. The van der Waals surface area contributed by atoms with Gasteiger partial charge in [0.15, 0.2) is 5.79 Å². The molecule has 0 amide bonds. The van der Waals surface area contributed by atoms with Gasteiger partial charge in [-0.05, 0) is 12.8 Å². The maximum absolute atomic E-state index is 5.71. The molecule has 3 heteroatoms. The van der Waals surface area contributed by atoms with Gasteiger partial charge in [-0.2, -0.15) is 0 Å². The summed E-state index contributed by atoms with van der Waals surface area (Å²) in [6.07, 6.45) is 5.76. The topological polar surface area (TPSA) is 27.7 Å². The van der Waals surface area contributed by atoms with Gasteiger partial charge in [-0.1, -0.05) is 6.42 Å². The molecule has 1 aliphatic rings. The van der Waals surface area contributed by atoms with E-state index < -0.39 is 0 Å². The number of hydrogen-bond donors (Lipinski definition) is 0. The number of ether oxygens (including phenoxy) is 3. The monoisotopic (exact) mass is 188 g/mol. The van der Waals surface area contributed by atoms with E-state index >= 15 is 0 Å². The molecule has 0 spiro atoms. The Morgan fingerprint density at radius 3 is 2.23 bits per heavy atom. The summed E-state index contributed by atoms with van der Waals surface area (Å²) >= 11 is 0. The average molecular weight is 188 g/mol. The zero-order valence-corrected chi connectivity index (χ0v) is 8.67. The first-order valence-corrected chi connectivity index (χ1v) is 5.01. The van der Waals surface area contributed by atoms with E-state index in [1.807, 2.05) is 0 Å². The molecule has 0 saturated heterocycles. The zero-order chi connectivity index (χ0) is 9.57. The summed E-state index contributed by atoms with van der Waals surface area (Å²) < 4.78 is 16.1. The van der Waals surface area contributed by atoms with Gasteiger partial charge in [0.05, 0.1) is 13.2 Å². The van der Waals surface area contributed by atoms with Gasteiger partial charge in [0.25, 0.3) is 0 Å². The van der Waals surface area contributed by atoms with Gasteiger partial charge in [-0.3, -0.25) is 0 Å². The van der Waals surface area contributed by atoms with Gasteiger partial charge in [-0.25, -0.2) is 0 Å². The van der Waals surface area contributed by atoms with E-state index in [4.69, 9.17) is 14.2 Å². The van der Waals surface area contributed by atoms with E-state index in [-0.39, 0.29) is 5.79 Å². The van der Waals surface area contributed by atoms with Crippen molar-refractivity contribution < 1.29 is 14.2 Å². The van der Waals surface area contributed by atoms with Crippen molar-refractivity contribution in [3.05, 3.63) is 0 Å². The molecule has 1 saturated carbocycles. The summed E-state index contributed by atoms with van der Waals surface area (Å²) in [5.74, 6) is -0.309. The minimum atomic E-state index is -0.309. The van der Waals surface area contributed by atoms with Crippen molar-refractivity contribution >= 4 is 0 Å². The Bertz CT molecular complexity index is 130.